The molecular formula is C20H19N5OS2. The maximum atomic E-state index is 12.4. The molecule has 1 amide bonds. The van der Waals surface area contributed by atoms with E-state index in [2.05, 4.69) is 39.6 Å². The van der Waals surface area contributed by atoms with Gasteiger partial charge in [0, 0.05) is 5.56 Å². The Kier molecular flexibility index (Phi) is 5.31. The molecule has 0 radical (unpaired) electrons. The molecule has 0 unspecified atom stereocenters. The molecule has 0 atom stereocenters. The Balaban J connectivity index is 1.41. The molecule has 28 heavy (non-hydrogen) atoms. The minimum absolute atomic E-state index is 0.127. The highest BCUT2D eigenvalue weighted by atomic mass is 32.1. The zero-order valence-electron chi connectivity index (χ0n) is 15.3. The van der Waals surface area contributed by atoms with Gasteiger partial charge in [0.1, 0.15) is 5.01 Å². The largest absolute Gasteiger partial charge is 0.375 e. The van der Waals surface area contributed by atoms with Gasteiger partial charge in [-0.1, -0.05) is 66.3 Å². The first-order valence-electron chi connectivity index (χ1n) is 8.98. The number of carbonyl (C=O) groups is 1. The van der Waals surface area contributed by atoms with Crippen LogP contribution in [-0.2, 0) is 17.6 Å². The number of fused-ring (bicyclic) bond motifs is 1. The van der Waals surface area contributed by atoms with Crippen LogP contribution < -0.4 is 11.1 Å². The Morgan fingerprint density at radius 1 is 1.07 bits per heavy atom. The van der Waals surface area contributed by atoms with Gasteiger partial charge in [-0.25, -0.2) is 4.98 Å². The van der Waals surface area contributed by atoms with E-state index in [1.54, 1.807) is 0 Å². The standard InChI is InChI=1S/C20H19N5OS2/c1-2-3-12-4-7-14(8-5-12)18-24-25-20(28-18)23-17(26)11-13-6-9-15-16(10-13)27-19(21)22-15/h4-10H,2-3,11H2,1H3,(H2,21,22)(H,23,25,26). The van der Waals surface area contributed by atoms with Crippen molar-refractivity contribution in [1.82, 2.24) is 15.2 Å². The summed E-state index contributed by atoms with van der Waals surface area (Å²) in [6.45, 7) is 2.17. The summed E-state index contributed by atoms with van der Waals surface area (Å²) in [4.78, 5) is 16.6. The zero-order valence-corrected chi connectivity index (χ0v) is 16.9. The van der Waals surface area contributed by atoms with Crippen molar-refractivity contribution in [2.24, 2.45) is 0 Å². The molecule has 142 valence electrons. The number of carbonyl (C=O) groups excluding carboxylic acids is 1. The Bertz CT molecular complexity index is 1120. The van der Waals surface area contributed by atoms with Gasteiger partial charge in [-0.05, 0) is 29.7 Å². The van der Waals surface area contributed by atoms with Gasteiger partial charge in [-0.2, -0.15) is 0 Å². The molecule has 3 N–H and O–H groups in total. The number of thiazole rings is 1. The van der Waals surface area contributed by atoms with Crippen LogP contribution >= 0.6 is 22.7 Å². The Morgan fingerprint density at radius 2 is 1.86 bits per heavy atom. The maximum absolute atomic E-state index is 12.4. The molecule has 4 rings (SSSR count). The Morgan fingerprint density at radius 3 is 2.64 bits per heavy atom. The molecule has 6 nitrogen and oxygen atoms in total. The van der Waals surface area contributed by atoms with Crippen molar-refractivity contribution in [3.63, 3.8) is 0 Å². The average Bonchev–Trinajstić information content (AvgIpc) is 3.28. The second-order valence-corrected chi connectivity index (χ2v) is 8.48. The van der Waals surface area contributed by atoms with E-state index in [0.717, 1.165) is 39.2 Å². The fourth-order valence-electron chi connectivity index (χ4n) is 2.94. The van der Waals surface area contributed by atoms with Gasteiger partial charge in [0.05, 0.1) is 16.6 Å². The summed E-state index contributed by atoms with van der Waals surface area (Å²) < 4.78 is 0.979. The van der Waals surface area contributed by atoms with E-state index in [9.17, 15) is 4.79 Å². The van der Waals surface area contributed by atoms with Crippen LogP contribution in [0.2, 0.25) is 0 Å². The predicted molar refractivity (Wildman–Crippen MR) is 116 cm³/mol. The van der Waals surface area contributed by atoms with Crippen LogP contribution in [0.3, 0.4) is 0 Å². The summed E-state index contributed by atoms with van der Waals surface area (Å²) in [6.07, 6.45) is 2.45. The van der Waals surface area contributed by atoms with Crippen molar-refractivity contribution in [2.45, 2.75) is 26.2 Å². The predicted octanol–water partition coefficient (Wildman–Crippen LogP) is 4.53. The van der Waals surface area contributed by atoms with Crippen molar-refractivity contribution in [2.75, 3.05) is 11.1 Å². The zero-order chi connectivity index (χ0) is 19.5. The third-order valence-electron chi connectivity index (χ3n) is 4.24. The van der Waals surface area contributed by atoms with Gasteiger partial charge in [-0.15, -0.1) is 10.2 Å². The maximum Gasteiger partial charge on any atom is 0.230 e. The molecule has 2 aromatic carbocycles. The van der Waals surface area contributed by atoms with Gasteiger partial charge in [0.2, 0.25) is 11.0 Å². The van der Waals surface area contributed by atoms with Gasteiger partial charge in [-0.3, -0.25) is 4.79 Å². The van der Waals surface area contributed by atoms with E-state index in [-0.39, 0.29) is 12.3 Å². The molecule has 2 aromatic heterocycles. The van der Waals surface area contributed by atoms with Crippen LogP contribution in [0, 0.1) is 0 Å². The van der Waals surface area contributed by atoms with E-state index in [1.165, 1.54) is 28.2 Å². The molecule has 0 bridgehead atoms. The molecular weight excluding hydrogens is 390 g/mol. The second-order valence-electron chi connectivity index (χ2n) is 6.44. The fraction of sp³-hybridized carbons (Fsp3) is 0.200. The first kappa shape index (κ1) is 18.5. The summed E-state index contributed by atoms with van der Waals surface area (Å²) >= 11 is 2.79. The van der Waals surface area contributed by atoms with Crippen molar-refractivity contribution in [3.05, 3.63) is 53.6 Å². The monoisotopic (exact) mass is 409 g/mol. The van der Waals surface area contributed by atoms with E-state index < -0.39 is 0 Å². The number of amides is 1. The molecule has 0 saturated heterocycles. The van der Waals surface area contributed by atoms with Crippen LogP contribution in [0.4, 0.5) is 10.3 Å². The summed E-state index contributed by atoms with van der Waals surface area (Å²) in [5.74, 6) is -0.127. The number of rotatable bonds is 6. The average molecular weight is 410 g/mol. The number of anilines is 2. The highest BCUT2D eigenvalue weighted by Gasteiger charge is 2.11. The van der Waals surface area contributed by atoms with Crippen molar-refractivity contribution in [3.8, 4) is 10.6 Å². The number of nitrogen functional groups attached to an aromatic ring is 1. The van der Waals surface area contributed by atoms with Gasteiger partial charge in [0.15, 0.2) is 5.13 Å². The van der Waals surface area contributed by atoms with Crippen LogP contribution in [0.1, 0.15) is 24.5 Å². The van der Waals surface area contributed by atoms with Gasteiger partial charge < -0.3 is 11.1 Å². The van der Waals surface area contributed by atoms with Crippen molar-refractivity contribution < 1.29 is 4.79 Å². The lowest BCUT2D eigenvalue weighted by Crippen LogP contribution is -2.14. The first-order chi connectivity index (χ1) is 13.6. The molecule has 8 heteroatoms. The van der Waals surface area contributed by atoms with E-state index >= 15 is 0 Å². The van der Waals surface area contributed by atoms with Crippen LogP contribution in [0.15, 0.2) is 42.5 Å². The number of aryl methyl sites for hydroxylation is 1. The summed E-state index contributed by atoms with van der Waals surface area (Å²) in [7, 11) is 0. The highest BCUT2D eigenvalue weighted by molar-refractivity contribution is 7.22. The normalized spacial score (nSPS) is 11.0. The molecule has 0 spiro atoms. The summed E-state index contributed by atoms with van der Waals surface area (Å²) in [5.41, 5.74) is 9.81. The molecule has 0 aliphatic carbocycles. The molecule has 0 aliphatic heterocycles. The molecule has 0 fully saturated rings. The minimum atomic E-state index is -0.127. The number of nitrogens with one attached hydrogen (secondary N) is 1. The van der Waals surface area contributed by atoms with Crippen LogP contribution in [-0.4, -0.2) is 21.1 Å². The highest BCUT2D eigenvalue weighted by Crippen LogP contribution is 2.27. The number of benzene rings is 2. The lowest BCUT2D eigenvalue weighted by molar-refractivity contribution is -0.115. The van der Waals surface area contributed by atoms with Gasteiger partial charge >= 0.3 is 0 Å². The quantitative estimate of drug-likeness (QED) is 0.488. The lowest BCUT2D eigenvalue weighted by atomic mass is 10.1. The number of aromatic nitrogens is 3. The second kappa shape index (κ2) is 8.04. The summed E-state index contributed by atoms with van der Waals surface area (Å²) in [5, 5.41) is 13.0. The summed E-state index contributed by atoms with van der Waals surface area (Å²) in [6, 6.07) is 14.1. The van der Waals surface area contributed by atoms with Gasteiger partial charge in [0.25, 0.3) is 0 Å². The SMILES string of the molecule is CCCc1ccc(-c2nnc(NC(=O)Cc3ccc4nc(N)sc4c3)s2)cc1. The van der Waals surface area contributed by atoms with E-state index in [0.29, 0.717) is 10.3 Å². The first-order valence-corrected chi connectivity index (χ1v) is 10.6. The molecule has 2 heterocycles. The topological polar surface area (TPSA) is 93.8 Å². The lowest BCUT2D eigenvalue weighted by Gasteiger charge is -2.02. The fourth-order valence-corrected chi connectivity index (χ4v) is 4.50. The number of nitrogens with zero attached hydrogens (tertiary/aromatic N) is 3. The number of nitrogens with two attached hydrogens (primary N) is 1. The van der Waals surface area contributed by atoms with Crippen LogP contribution in [0.5, 0.6) is 0 Å². The van der Waals surface area contributed by atoms with E-state index in [1.807, 2.05) is 30.3 Å². The van der Waals surface area contributed by atoms with Crippen molar-refractivity contribution in [1.29, 1.82) is 0 Å². The van der Waals surface area contributed by atoms with Crippen LogP contribution in [0.25, 0.3) is 20.8 Å². The third-order valence-corrected chi connectivity index (χ3v) is 5.98. The van der Waals surface area contributed by atoms with Crippen molar-refractivity contribution >= 4 is 49.1 Å². The third kappa shape index (κ3) is 4.18. The molecule has 0 saturated carbocycles. The molecule has 4 aromatic rings. The molecule has 0 aliphatic rings. The number of hydrogen-bond acceptors (Lipinski definition) is 7. The van der Waals surface area contributed by atoms with E-state index in [4.69, 9.17) is 5.73 Å². The minimum Gasteiger partial charge on any atom is -0.375 e. The Hall–Kier alpha value is -2.84. The smallest absolute Gasteiger partial charge is 0.230 e. The number of hydrogen-bond donors (Lipinski definition) is 2. The Labute approximate surface area is 170 Å².